The number of fused-ring (bicyclic) bond motifs is 1. The van der Waals surface area contributed by atoms with Crippen molar-refractivity contribution in [1.82, 2.24) is 20.1 Å². The van der Waals surface area contributed by atoms with Crippen LogP contribution in [-0.4, -0.2) is 40.4 Å². The van der Waals surface area contributed by atoms with Crippen molar-refractivity contribution < 1.29 is 9.53 Å². The summed E-state index contributed by atoms with van der Waals surface area (Å²) >= 11 is 0. The summed E-state index contributed by atoms with van der Waals surface area (Å²) < 4.78 is 7.30. The molecule has 1 saturated carbocycles. The maximum absolute atomic E-state index is 13.2. The summed E-state index contributed by atoms with van der Waals surface area (Å²) in [5.74, 6) is 1.33. The van der Waals surface area contributed by atoms with Crippen LogP contribution in [0.25, 0.3) is 11.0 Å². The third-order valence-electron chi connectivity index (χ3n) is 6.81. The first-order chi connectivity index (χ1) is 16.1. The number of para-hydroxylation sites is 1. The maximum atomic E-state index is 13.2. The van der Waals surface area contributed by atoms with Crippen LogP contribution >= 0.6 is 0 Å². The van der Waals surface area contributed by atoms with Crippen molar-refractivity contribution in [2.75, 3.05) is 19.0 Å². The highest BCUT2D eigenvalue weighted by atomic mass is 16.5. The van der Waals surface area contributed by atoms with Gasteiger partial charge >= 0.3 is 0 Å². The molecule has 4 rings (SSSR count). The molecule has 0 saturated heterocycles. The molecule has 1 amide bonds. The minimum absolute atomic E-state index is 0.123. The molecule has 1 fully saturated rings. The fraction of sp³-hybridized carbons (Fsp3) is 0.500. The second kappa shape index (κ2) is 10.7. The predicted octanol–water partition coefficient (Wildman–Crippen LogP) is 4.81. The van der Waals surface area contributed by atoms with E-state index in [2.05, 4.69) is 27.6 Å². The standard InChI is InChI=1S/C26H35N5O2/c1-4-31-25-21(17-29-31)24(30-18(2)19-10-6-5-7-11-19)22(16-28-25)26(32)27-15-14-20-12-8-9-13-23(20)33-3/h8-9,12-13,16-19H,4-7,10-11,14-15H2,1-3H3,(H,27,32)(H,28,30). The largest absolute Gasteiger partial charge is 0.496 e. The van der Waals surface area contributed by atoms with Crippen LogP contribution in [0.2, 0.25) is 0 Å². The van der Waals surface area contributed by atoms with Crippen molar-refractivity contribution in [3.05, 3.63) is 47.8 Å². The number of aryl methyl sites for hydroxylation is 1. The minimum Gasteiger partial charge on any atom is -0.496 e. The number of ether oxygens (including phenoxy) is 1. The quantitative estimate of drug-likeness (QED) is 0.490. The molecule has 7 nitrogen and oxygen atoms in total. The molecule has 2 aromatic heterocycles. The maximum Gasteiger partial charge on any atom is 0.254 e. The first-order valence-corrected chi connectivity index (χ1v) is 12.1. The van der Waals surface area contributed by atoms with Crippen LogP contribution in [0.15, 0.2) is 36.7 Å². The summed E-state index contributed by atoms with van der Waals surface area (Å²) in [6, 6.07) is 8.17. The van der Waals surface area contributed by atoms with E-state index in [1.807, 2.05) is 42.1 Å². The second-order valence-corrected chi connectivity index (χ2v) is 8.89. The molecule has 0 radical (unpaired) electrons. The van der Waals surface area contributed by atoms with Crippen molar-refractivity contribution >= 4 is 22.6 Å². The summed E-state index contributed by atoms with van der Waals surface area (Å²) in [4.78, 5) is 17.8. The molecule has 0 aliphatic heterocycles. The zero-order chi connectivity index (χ0) is 23.2. The summed E-state index contributed by atoms with van der Waals surface area (Å²) in [5.41, 5.74) is 3.29. The van der Waals surface area contributed by atoms with Gasteiger partial charge in [0.2, 0.25) is 0 Å². The summed E-state index contributed by atoms with van der Waals surface area (Å²) in [6.07, 6.45) is 10.6. The SMILES string of the molecule is CCn1ncc2c(NC(C)C3CCCCC3)c(C(=O)NCCc3ccccc3OC)cnc21. The van der Waals surface area contributed by atoms with Crippen LogP contribution in [-0.2, 0) is 13.0 Å². The first-order valence-electron chi connectivity index (χ1n) is 12.1. The van der Waals surface area contributed by atoms with Crippen LogP contribution < -0.4 is 15.4 Å². The number of carbonyl (C=O) groups is 1. The Labute approximate surface area is 195 Å². The molecule has 1 aliphatic rings. The van der Waals surface area contributed by atoms with Crippen molar-refractivity contribution in [1.29, 1.82) is 0 Å². The van der Waals surface area contributed by atoms with Gasteiger partial charge in [-0.3, -0.25) is 4.79 Å². The summed E-state index contributed by atoms with van der Waals surface area (Å²) in [6.45, 7) is 5.53. The number of hydrogen-bond acceptors (Lipinski definition) is 5. The van der Waals surface area contributed by atoms with Crippen molar-refractivity contribution in [3.8, 4) is 5.75 Å². The molecule has 0 bridgehead atoms. The second-order valence-electron chi connectivity index (χ2n) is 8.89. The van der Waals surface area contributed by atoms with Gasteiger partial charge in [0.05, 0.1) is 29.9 Å². The van der Waals surface area contributed by atoms with Gasteiger partial charge in [-0.05, 0) is 50.7 Å². The van der Waals surface area contributed by atoms with E-state index in [-0.39, 0.29) is 11.9 Å². The van der Waals surface area contributed by atoms with Crippen LogP contribution in [0.5, 0.6) is 5.75 Å². The topological polar surface area (TPSA) is 81.1 Å². The van der Waals surface area contributed by atoms with Crippen molar-refractivity contribution in [3.63, 3.8) is 0 Å². The number of aromatic nitrogens is 3. The van der Waals surface area contributed by atoms with Crippen molar-refractivity contribution in [2.24, 2.45) is 5.92 Å². The summed E-state index contributed by atoms with van der Waals surface area (Å²) in [5, 5.41) is 12.2. The number of hydrogen-bond donors (Lipinski definition) is 2. The Morgan fingerprint density at radius 2 is 2.00 bits per heavy atom. The highest BCUT2D eigenvalue weighted by molar-refractivity contribution is 6.06. The Morgan fingerprint density at radius 3 is 2.76 bits per heavy atom. The van der Waals surface area contributed by atoms with E-state index < -0.39 is 0 Å². The van der Waals surface area contributed by atoms with E-state index >= 15 is 0 Å². The lowest BCUT2D eigenvalue weighted by Crippen LogP contribution is -2.31. The Bertz CT molecular complexity index is 1090. The Kier molecular flexibility index (Phi) is 7.47. The average molecular weight is 450 g/mol. The molecule has 1 aliphatic carbocycles. The molecule has 176 valence electrons. The monoisotopic (exact) mass is 449 g/mol. The van der Waals surface area contributed by atoms with Gasteiger partial charge in [-0.1, -0.05) is 37.5 Å². The van der Waals surface area contributed by atoms with Gasteiger partial charge in [-0.2, -0.15) is 5.10 Å². The molecular weight excluding hydrogens is 414 g/mol. The van der Waals surface area contributed by atoms with Crippen molar-refractivity contribution in [2.45, 2.75) is 65.0 Å². The zero-order valence-corrected chi connectivity index (χ0v) is 19.9. The number of nitrogens with zero attached hydrogens (tertiary/aromatic N) is 3. The number of rotatable bonds is 9. The molecule has 7 heteroatoms. The number of amides is 1. The molecule has 3 aromatic rings. The highest BCUT2D eigenvalue weighted by Gasteiger charge is 2.24. The summed E-state index contributed by atoms with van der Waals surface area (Å²) in [7, 11) is 1.67. The van der Waals surface area contributed by atoms with Gasteiger partial charge in [0, 0.05) is 25.3 Å². The lowest BCUT2D eigenvalue weighted by Gasteiger charge is -2.29. The van der Waals surface area contributed by atoms with Gasteiger partial charge in [0.15, 0.2) is 5.65 Å². The van der Waals surface area contributed by atoms with E-state index in [0.29, 0.717) is 24.4 Å². The van der Waals surface area contributed by atoms with E-state index in [0.717, 1.165) is 34.6 Å². The van der Waals surface area contributed by atoms with Crippen LogP contribution in [0.3, 0.4) is 0 Å². The van der Waals surface area contributed by atoms with Gasteiger partial charge in [-0.25, -0.2) is 9.67 Å². The zero-order valence-electron chi connectivity index (χ0n) is 19.9. The third-order valence-corrected chi connectivity index (χ3v) is 6.81. The molecule has 1 atom stereocenters. The van der Waals surface area contributed by atoms with E-state index in [9.17, 15) is 4.79 Å². The van der Waals surface area contributed by atoms with Crippen LogP contribution in [0.4, 0.5) is 5.69 Å². The van der Waals surface area contributed by atoms with Gasteiger partial charge in [0.1, 0.15) is 5.75 Å². The number of anilines is 1. The number of pyridine rings is 1. The molecule has 33 heavy (non-hydrogen) atoms. The Morgan fingerprint density at radius 1 is 1.21 bits per heavy atom. The number of methoxy groups -OCH3 is 1. The smallest absolute Gasteiger partial charge is 0.254 e. The van der Waals surface area contributed by atoms with Gasteiger partial charge < -0.3 is 15.4 Å². The lowest BCUT2D eigenvalue weighted by atomic mass is 9.84. The van der Waals surface area contributed by atoms with E-state index in [1.165, 1.54) is 32.1 Å². The Hall–Kier alpha value is -3.09. The highest BCUT2D eigenvalue weighted by Crippen LogP contribution is 2.32. The third kappa shape index (κ3) is 5.13. The Balaban J connectivity index is 1.55. The van der Waals surface area contributed by atoms with Crippen LogP contribution in [0.1, 0.15) is 61.9 Å². The normalized spacial score (nSPS) is 15.4. The number of nitrogens with one attached hydrogen (secondary N) is 2. The minimum atomic E-state index is -0.123. The fourth-order valence-electron chi connectivity index (χ4n) is 4.88. The fourth-order valence-corrected chi connectivity index (χ4v) is 4.88. The first kappa shape index (κ1) is 23.1. The molecule has 2 heterocycles. The van der Waals surface area contributed by atoms with E-state index in [1.54, 1.807) is 13.3 Å². The predicted molar refractivity (Wildman–Crippen MR) is 132 cm³/mol. The van der Waals surface area contributed by atoms with E-state index in [4.69, 9.17) is 4.74 Å². The molecule has 2 N–H and O–H groups in total. The van der Waals surface area contributed by atoms with Gasteiger partial charge in [0.25, 0.3) is 5.91 Å². The number of carbonyl (C=O) groups excluding carboxylic acids is 1. The number of benzene rings is 1. The molecule has 1 unspecified atom stereocenters. The van der Waals surface area contributed by atoms with Crippen LogP contribution in [0, 0.1) is 5.92 Å². The molecule has 0 spiro atoms. The lowest BCUT2D eigenvalue weighted by molar-refractivity contribution is 0.0954. The molecular formula is C26H35N5O2. The average Bonchev–Trinajstić information content (AvgIpc) is 3.28. The van der Waals surface area contributed by atoms with Gasteiger partial charge in [-0.15, -0.1) is 0 Å². The molecule has 1 aromatic carbocycles.